The van der Waals surface area contributed by atoms with Crippen LogP contribution in [0.4, 0.5) is 0 Å². The molecule has 8 rings (SSSR count). The summed E-state index contributed by atoms with van der Waals surface area (Å²) in [6.07, 6.45) is 0. The second-order valence-corrected chi connectivity index (χ2v) is 11.8. The standard InChI is InChI=1S/C36H25NS/c1-36(2)29-15-6-3-12-25(29)28-21-23(18-19-30(28)36)22-10-9-11-24(20-22)34-35-33(26-13-4-7-16-31(26)37-34)27-14-5-8-17-32(27)38-35/h3-21H,1-2H3. The maximum absolute atomic E-state index is 5.22. The number of fused-ring (bicyclic) bond motifs is 8. The van der Waals surface area contributed by atoms with E-state index in [9.17, 15) is 0 Å². The van der Waals surface area contributed by atoms with Gasteiger partial charge in [0.1, 0.15) is 0 Å². The Labute approximate surface area is 226 Å². The Morgan fingerprint density at radius 2 is 1.29 bits per heavy atom. The molecule has 0 radical (unpaired) electrons. The van der Waals surface area contributed by atoms with E-state index in [-0.39, 0.29) is 5.41 Å². The lowest BCUT2D eigenvalue weighted by molar-refractivity contribution is 0.660. The summed E-state index contributed by atoms with van der Waals surface area (Å²) < 4.78 is 2.56. The molecule has 180 valence electrons. The van der Waals surface area contributed by atoms with E-state index in [1.165, 1.54) is 58.9 Å². The van der Waals surface area contributed by atoms with Crippen LogP contribution in [-0.4, -0.2) is 4.98 Å². The predicted octanol–water partition coefficient (Wildman–Crippen LogP) is 10.2. The number of pyridine rings is 1. The van der Waals surface area contributed by atoms with Crippen LogP contribution in [0.2, 0.25) is 0 Å². The highest BCUT2D eigenvalue weighted by Crippen LogP contribution is 2.49. The van der Waals surface area contributed by atoms with Crippen LogP contribution < -0.4 is 0 Å². The minimum absolute atomic E-state index is 0.0219. The van der Waals surface area contributed by atoms with Crippen molar-refractivity contribution in [3.8, 4) is 33.5 Å². The van der Waals surface area contributed by atoms with Gasteiger partial charge in [-0.1, -0.05) is 105 Å². The van der Waals surface area contributed by atoms with Gasteiger partial charge < -0.3 is 0 Å². The van der Waals surface area contributed by atoms with Crippen molar-refractivity contribution in [3.05, 3.63) is 126 Å². The molecular weight excluding hydrogens is 478 g/mol. The maximum atomic E-state index is 5.22. The van der Waals surface area contributed by atoms with Crippen LogP contribution >= 0.6 is 11.3 Å². The van der Waals surface area contributed by atoms with Crippen molar-refractivity contribution in [1.82, 2.24) is 4.98 Å². The van der Waals surface area contributed by atoms with Gasteiger partial charge in [-0.15, -0.1) is 11.3 Å². The van der Waals surface area contributed by atoms with Gasteiger partial charge in [0.2, 0.25) is 0 Å². The van der Waals surface area contributed by atoms with Gasteiger partial charge in [-0.2, -0.15) is 0 Å². The molecule has 1 aliphatic carbocycles. The number of thiophene rings is 1. The molecule has 1 nitrogen and oxygen atoms in total. The maximum Gasteiger partial charge on any atom is 0.0888 e. The smallest absolute Gasteiger partial charge is 0.0888 e. The Hall–Kier alpha value is -4.27. The number of hydrogen-bond acceptors (Lipinski definition) is 2. The zero-order chi connectivity index (χ0) is 25.4. The van der Waals surface area contributed by atoms with Crippen LogP contribution in [0.3, 0.4) is 0 Å². The minimum atomic E-state index is 0.0219. The van der Waals surface area contributed by atoms with Gasteiger partial charge in [0, 0.05) is 31.8 Å². The van der Waals surface area contributed by atoms with Crippen molar-refractivity contribution >= 4 is 42.4 Å². The highest BCUT2D eigenvalue weighted by Gasteiger charge is 2.35. The fraction of sp³-hybridized carbons (Fsp3) is 0.0833. The molecule has 1 aliphatic rings. The Kier molecular flexibility index (Phi) is 4.51. The van der Waals surface area contributed by atoms with Gasteiger partial charge in [0.15, 0.2) is 0 Å². The van der Waals surface area contributed by atoms with Crippen molar-refractivity contribution in [1.29, 1.82) is 0 Å². The van der Waals surface area contributed by atoms with E-state index in [0.29, 0.717) is 0 Å². The largest absolute Gasteiger partial charge is 0.246 e. The minimum Gasteiger partial charge on any atom is -0.246 e. The highest BCUT2D eigenvalue weighted by molar-refractivity contribution is 7.26. The second kappa shape index (κ2) is 7.86. The average molecular weight is 504 g/mol. The van der Waals surface area contributed by atoms with E-state index in [1.54, 1.807) is 0 Å². The molecule has 38 heavy (non-hydrogen) atoms. The number of para-hydroxylation sites is 1. The molecule has 0 saturated carbocycles. The SMILES string of the molecule is CC1(C)c2ccccc2-c2cc(-c3cccc(-c4nc5ccccc5c5c4sc4ccccc45)c3)ccc21. The molecule has 0 atom stereocenters. The van der Waals surface area contributed by atoms with Crippen LogP contribution in [-0.2, 0) is 5.41 Å². The highest BCUT2D eigenvalue weighted by atomic mass is 32.1. The zero-order valence-corrected chi connectivity index (χ0v) is 22.1. The topological polar surface area (TPSA) is 12.9 Å². The van der Waals surface area contributed by atoms with Gasteiger partial charge in [0.05, 0.1) is 15.9 Å². The molecule has 0 N–H and O–H groups in total. The number of aromatic nitrogens is 1. The first kappa shape index (κ1) is 21.8. The van der Waals surface area contributed by atoms with E-state index in [4.69, 9.17) is 4.98 Å². The lowest BCUT2D eigenvalue weighted by atomic mass is 9.82. The molecule has 5 aromatic carbocycles. The van der Waals surface area contributed by atoms with E-state index >= 15 is 0 Å². The van der Waals surface area contributed by atoms with Gasteiger partial charge in [-0.3, -0.25) is 0 Å². The third-order valence-corrected chi connectivity index (χ3v) is 9.45. The van der Waals surface area contributed by atoms with E-state index in [0.717, 1.165) is 16.8 Å². The van der Waals surface area contributed by atoms with Crippen molar-refractivity contribution in [2.24, 2.45) is 0 Å². The Balaban J connectivity index is 1.34. The molecule has 7 aromatic rings. The normalized spacial score (nSPS) is 13.7. The van der Waals surface area contributed by atoms with E-state index in [2.05, 4.69) is 129 Å². The fourth-order valence-corrected chi connectivity index (χ4v) is 7.60. The zero-order valence-electron chi connectivity index (χ0n) is 21.3. The summed E-state index contributed by atoms with van der Waals surface area (Å²) >= 11 is 1.85. The van der Waals surface area contributed by atoms with Crippen LogP contribution in [0.15, 0.2) is 115 Å². The molecule has 2 aromatic heterocycles. The first-order chi connectivity index (χ1) is 18.6. The third-order valence-electron chi connectivity index (χ3n) is 8.27. The molecular formula is C36H25NS. The molecule has 0 spiro atoms. The first-order valence-electron chi connectivity index (χ1n) is 13.1. The van der Waals surface area contributed by atoms with Crippen LogP contribution in [0.25, 0.3) is 64.6 Å². The van der Waals surface area contributed by atoms with E-state index in [1.807, 2.05) is 11.3 Å². The van der Waals surface area contributed by atoms with Gasteiger partial charge in [-0.05, 0) is 57.6 Å². The van der Waals surface area contributed by atoms with Crippen molar-refractivity contribution in [3.63, 3.8) is 0 Å². The van der Waals surface area contributed by atoms with Gasteiger partial charge in [-0.25, -0.2) is 4.98 Å². The summed E-state index contributed by atoms with van der Waals surface area (Å²) in [5, 5.41) is 3.84. The molecule has 0 bridgehead atoms. The monoisotopic (exact) mass is 503 g/mol. The van der Waals surface area contributed by atoms with Crippen LogP contribution in [0.1, 0.15) is 25.0 Å². The fourth-order valence-electron chi connectivity index (χ4n) is 6.37. The number of benzene rings is 5. The Morgan fingerprint density at radius 3 is 2.21 bits per heavy atom. The number of rotatable bonds is 2. The molecule has 0 unspecified atom stereocenters. The van der Waals surface area contributed by atoms with Gasteiger partial charge >= 0.3 is 0 Å². The second-order valence-electron chi connectivity index (χ2n) is 10.8. The average Bonchev–Trinajstić information content (AvgIpc) is 3.46. The third kappa shape index (κ3) is 3.01. The van der Waals surface area contributed by atoms with E-state index < -0.39 is 0 Å². The van der Waals surface area contributed by atoms with Crippen molar-refractivity contribution in [2.45, 2.75) is 19.3 Å². The summed E-state index contributed by atoms with van der Waals surface area (Å²) in [4.78, 5) is 5.22. The molecule has 0 fully saturated rings. The lowest BCUT2D eigenvalue weighted by Crippen LogP contribution is -2.14. The molecule has 2 heteroatoms. The summed E-state index contributed by atoms with van der Waals surface area (Å²) in [6.45, 7) is 4.67. The summed E-state index contributed by atoms with van der Waals surface area (Å²) in [7, 11) is 0. The Bertz CT molecular complexity index is 2060. The lowest BCUT2D eigenvalue weighted by Gasteiger charge is -2.21. The van der Waals surface area contributed by atoms with Crippen molar-refractivity contribution < 1.29 is 0 Å². The summed E-state index contributed by atoms with van der Waals surface area (Å²) in [5.41, 5.74) is 11.3. The van der Waals surface area contributed by atoms with Crippen LogP contribution in [0.5, 0.6) is 0 Å². The summed E-state index contributed by atoms with van der Waals surface area (Å²) in [5.74, 6) is 0. The first-order valence-corrected chi connectivity index (χ1v) is 14.0. The number of hydrogen-bond donors (Lipinski definition) is 0. The quantitative estimate of drug-likeness (QED) is 0.229. The van der Waals surface area contributed by atoms with Crippen LogP contribution in [0, 0.1) is 0 Å². The molecule has 2 heterocycles. The predicted molar refractivity (Wildman–Crippen MR) is 163 cm³/mol. The van der Waals surface area contributed by atoms with Gasteiger partial charge in [0.25, 0.3) is 0 Å². The molecule has 0 amide bonds. The number of nitrogens with zero attached hydrogens (tertiary/aromatic N) is 1. The Morgan fingerprint density at radius 1 is 0.579 bits per heavy atom. The summed E-state index contributed by atoms with van der Waals surface area (Å²) in [6, 6.07) is 42.0. The van der Waals surface area contributed by atoms with Crippen molar-refractivity contribution in [2.75, 3.05) is 0 Å². The molecule has 0 aliphatic heterocycles. The molecule has 0 saturated heterocycles.